The van der Waals surface area contributed by atoms with Crippen LogP contribution in [-0.4, -0.2) is 32.2 Å². The van der Waals surface area contributed by atoms with Crippen molar-refractivity contribution in [3.05, 3.63) is 0 Å². The molecule has 1 aliphatic heterocycles. The summed E-state index contributed by atoms with van der Waals surface area (Å²) in [6.07, 6.45) is 5.66. The maximum Gasteiger partial charge on any atom is 0.106 e. The first-order valence-corrected chi connectivity index (χ1v) is 3.74. The highest BCUT2D eigenvalue weighted by atomic mass is 35.5. The Balaban J connectivity index is 0.00000121. The quantitative estimate of drug-likeness (QED) is 0.519. The fourth-order valence-corrected chi connectivity index (χ4v) is 0.951. The van der Waals surface area contributed by atoms with Gasteiger partial charge in [-0.15, -0.1) is 12.4 Å². The van der Waals surface area contributed by atoms with E-state index in [2.05, 4.69) is 20.3 Å². The highest BCUT2D eigenvalue weighted by molar-refractivity contribution is 5.85. The lowest BCUT2D eigenvalue weighted by Gasteiger charge is -2.06. The van der Waals surface area contributed by atoms with Gasteiger partial charge in [-0.3, -0.25) is 4.99 Å². The van der Waals surface area contributed by atoms with E-state index in [0.717, 1.165) is 19.4 Å². The van der Waals surface area contributed by atoms with E-state index in [0.29, 0.717) is 0 Å². The van der Waals surface area contributed by atoms with E-state index in [1.807, 2.05) is 0 Å². The molecule has 0 aliphatic carbocycles. The lowest BCUT2D eigenvalue weighted by Crippen LogP contribution is -2.27. The number of rotatable bonds is 2. The first-order chi connectivity index (χ1) is 5.43. The van der Waals surface area contributed by atoms with Crippen LogP contribution < -0.4 is 5.32 Å². The Hall–Kier alpha value is -0.770. The van der Waals surface area contributed by atoms with Crippen LogP contribution in [0.2, 0.25) is 0 Å². The molecular weight excluding hydrogens is 178 g/mol. The molecule has 0 saturated heterocycles. The van der Waals surface area contributed by atoms with Gasteiger partial charge in [0.15, 0.2) is 0 Å². The van der Waals surface area contributed by atoms with Crippen molar-refractivity contribution in [3.8, 4) is 0 Å². The average molecular weight is 192 g/mol. The Labute approximate surface area is 78.5 Å². The molecule has 0 aromatic heterocycles. The molecule has 0 spiro atoms. The van der Waals surface area contributed by atoms with Crippen molar-refractivity contribution in [1.29, 1.82) is 0 Å². The van der Waals surface area contributed by atoms with Crippen molar-refractivity contribution >= 4 is 25.0 Å². The topological polar surface area (TPSA) is 46.0 Å². The Morgan fingerprint density at radius 3 is 3.33 bits per heavy atom. The molecular formula is C7H14ClN3O. The van der Waals surface area contributed by atoms with Crippen molar-refractivity contribution in [2.45, 2.75) is 18.9 Å². The molecule has 5 heteroatoms. The molecule has 70 valence electrons. The van der Waals surface area contributed by atoms with Gasteiger partial charge in [-0.1, -0.05) is 5.16 Å². The number of hydrogen-bond donors (Lipinski definition) is 1. The van der Waals surface area contributed by atoms with Gasteiger partial charge in [0.1, 0.15) is 7.11 Å². The third kappa shape index (κ3) is 4.18. The summed E-state index contributed by atoms with van der Waals surface area (Å²) in [4.78, 5) is 8.66. The first kappa shape index (κ1) is 11.2. The number of nitrogens with zero attached hydrogens (tertiary/aromatic N) is 2. The third-order valence-electron chi connectivity index (χ3n) is 1.53. The molecule has 1 atom stereocenters. The highest BCUT2D eigenvalue weighted by Crippen LogP contribution is 1.97. The van der Waals surface area contributed by atoms with Crippen LogP contribution in [0.1, 0.15) is 12.8 Å². The van der Waals surface area contributed by atoms with Gasteiger partial charge in [0, 0.05) is 6.54 Å². The summed E-state index contributed by atoms with van der Waals surface area (Å²) < 4.78 is 0. The second kappa shape index (κ2) is 6.91. The zero-order valence-corrected chi connectivity index (χ0v) is 7.88. The number of halogens is 1. The Morgan fingerprint density at radius 2 is 2.58 bits per heavy atom. The van der Waals surface area contributed by atoms with Gasteiger partial charge in [0.25, 0.3) is 0 Å². The van der Waals surface area contributed by atoms with Crippen molar-refractivity contribution in [1.82, 2.24) is 5.32 Å². The van der Waals surface area contributed by atoms with Crippen LogP contribution in [0.5, 0.6) is 0 Å². The molecule has 12 heavy (non-hydrogen) atoms. The van der Waals surface area contributed by atoms with Gasteiger partial charge in [-0.25, -0.2) is 0 Å². The summed E-state index contributed by atoms with van der Waals surface area (Å²) in [6.45, 7) is 0.907. The molecule has 0 radical (unpaired) electrons. The SMILES string of the molecule is CON=CC1CCCN=CN1.Cl. The van der Waals surface area contributed by atoms with Crippen LogP contribution in [0, 0.1) is 0 Å². The largest absolute Gasteiger partial charge is 0.399 e. The van der Waals surface area contributed by atoms with Gasteiger partial charge in [0.05, 0.1) is 18.6 Å². The lowest BCUT2D eigenvalue weighted by molar-refractivity contribution is 0.214. The Bertz CT molecular complexity index is 161. The van der Waals surface area contributed by atoms with Gasteiger partial charge >= 0.3 is 0 Å². The molecule has 1 heterocycles. The summed E-state index contributed by atoms with van der Waals surface area (Å²) in [6, 6.07) is 0.279. The predicted molar refractivity (Wildman–Crippen MR) is 52.3 cm³/mol. The molecule has 0 aromatic carbocycles. The molecule has 4 nitrogen and oxygen atoms in total. The minimum atomic E-state index is 0. The molecule has 1 unspecified atom stereocenters. The van der Waals surface area contributed by atoms with Crippen molar-refractivity contribution in [2.75, 3.05) is 13.7 Å². The summed E-state index contributed by atoms with van der Waals surface area (Å²) in [7, 11) is 1.54. The van der Waals surface area contributed by atoms with E-state index in [9.17, 15) is 0 Å². The summed E-state index contributed by atoms with van der Waals surface area (Å²) in [5.41, 5.74) is 0. The van der Waals surface area contributed by atoms with E-state index in [4.69, 9.17) is 0 Å². The Morgan fingerprint density at radius 1 is 1.75 bits per heavy atom. The molecule has 0 bridgehead atoms. The van der Waals surface area contributed by atoms with Gasteiger partial charge < -0.3 is 10.2 Å². The van der Waals surface area contributed by atoms with Crippen LogP contribution in [0.3, 0.4) is 0 Å². The highest BCUT2D eigenvalue weighted by Gasteiger charge is 2.04. The number of nitrogens with one attached hydrogen (secondary N) is 1. The number of aliphatic imine (C=N–C) groups is 1. The fraction of sp³-hybridized carbons (Fsp3) is 0.714. The van der Waals surface area contributed by atoms with E-state index < -0.39 is 0 Å². The summed E-state index contributed by atoms with van der Waals surface area (Å²) in [5, 5.41) is 6.78. The zero-order chi connectivity index (χ0) is 7.94. The van der Waals surface area contributed by atoms with Crippen LogP contribution in [0.4, 0.5) is 0 Å². The van der Waals surface area contributed by atoms with Crippen molar-refractivity contribution < 1.29 is 4.84 Å². The molecule has 1 aliphatic rings. The first-order valence-electron chi connectivity index (χ1n) is 3.74. The second-order valence-electron chi connectivity index (χ2n) is 2.39. The lowest BCUT2D eigenvalue weighted by atomic mass is 10.2. The molecule has 0 amide bonds. The predicted octanol–water partition coefficient (Wildman–Crippen LogP) is 0.821. The smallest absolute Gasteiger partial charge is 0.106 e. The molecule has 0 aromatic rings. The van der Waals surface area contributed by atoms with Crippen molar-refractivity contribution in [3.63, 3.8) is 0 Å². The Kier molecular flexibility index (Phi) is 6.47. The third-order valence-corrected chi connectivity index (χ3v) is 1.53. The fourth-order valence-electron chi connectivity index (χ4n) is 0.951. The molecule has 1 N–H and O–H groups in total. The van der Waals surface area contributed by atoms with Gasteiger partial charge in [-0.2, -0.15) is 0 Å². The van der Waals surface area contributed by atoms with Crippen molar-refractivity contribution in [2.24, 2.45) is 10.1 Å². The monoisotopic (exact) mass is 191 g/mol. The van der Waals surface area contributed by atoms with Crippen LogP contribution in [-0.2, 0) is 4.84 Å². The van der Waals surface area contributed by atoms with Gasteiger partial charge in [0.2, 0.25) is 0 Å². The van der Waals surface area contributed by atoms with E-state index in [1.54, 1.807) is 19.7 Å². The zero-order valence-electron chi connectivity index (χ0n) is 7.06. The summed E-state index contributed by atoms with van der Waals surface area (Å²) >= 11 is 0. The van der Waals surface area contributed by atoms with Crippen LogP contribution in [0.25, 0.3) is 0 Å². The average Bonchev–Trinajstić information content (AvgIpc) is 2.28. The van der Waals surface area contributed by atoms with E-state index in [-0.39, 0.29) is 18.4 Å². The standard InChI is InChI=1S/C7H13N3O.ClH/c1-11-10-5-7-3-2-4-8-6-9-7;/h5-7H,2-4H2,1H3,(H,8,9);1H. The summed E-state index contributed by atoms with van der Waals surface area (Å²) in [5.74, 6) is 0. The van der Waals surface area contributed by atoms with E-state index >= 15 is 0 Å². The number of hydrogen-bond acceptors (Lipinski definition) is 4. The molecule has 0 fully saturated rings. The minimum absolute atomic E-state index is 0. The normalized spacial score (nSPS) is 22.6. The molecule has 0 saturated carbocycles. The van der Waals surface area contributed by atoms with E-state index in [1.165, 1.54) is 0 Å². The number of oxime groups is 1. The van der Waals surface area contributed by atoms with Crippen LogP contribution in [0.15, 0.2) is 10.1 Å². The second-order valence-corrected chi connectivity index (χ2v) is 2.39. The maximum absolute atomic E-state index is 4.57. The molecule has 1 rings (SSSR count). The minimum Gasteiger partial charge on any atom is -0.399 e. The van der Waals surface area contributed by atoms with Gasteiger partial charge in [-0.05, 0) is 12.8 Å². The van der Waals surface area contributed by atoms with Crippen LogP contribution >= 0.6 is 12.4 Å². The maximum atomic E-state index is 4.57.